The quantitative estimate of drug-likeness (QED) is 0.522. The Bertz CT molecular complexity index is 892. The smallest absolute Gasteiger partial charge is 0.326 e. The summed E-state index contributed by atoms with van der Waals surface area (Å²) in [6, 6.07) is 14.4. The fourth-order valence-electron chi connectivity index (χ4n) is 2.71. The van der Waals surface area contributed by atoms with Gasteiger partial charge in [-0.05, 0) is 42.3 Å². The standard InChI is InChI=1S/C23H26N2O5/c1-3-4-10-19(23(28)29)24-22(27)20(15-16-8-6-5-7-9-16)25-21(26)17-11-13-18(30-2)14-12-17/h5-9,11-15,19H,3-4,10H2,1-2H3,(H,24,27)(H,25,26)(H,28,29)/b20-15+/t19-/m1/s1. The third-order valence-corrected chi connectivity index (χ3v) is 4.41. The van der Waals surface area contributed by atoms with Crippen LogP contribution in [0.3, 0.4) is 0 Å². The monoisotopic (exact) mass is 410 g/mol. The number of rotatable bonds is 10. The van der Waals surface area contributed by atoms with E-state index in [1.807, 2.05) is 13.0 Å². The highest BCUT2D eigenvalue weighted by molar-refractivity contribution is 6.06. The summed E-state index contributed by atoms with van der Waals surface area (Å²) in [7, 11) is 1.53. The molecule has 0 fully saturated rings. The number of carbonyl (C=O) groups excluding carboxylic acids is 2. The largest absolute Gasteiger partial charge is 0.497 e. The number of carboxylic acids is 1. The molecule has 0 unspecified atom stereocenters. The van der Waals surface area contributed by atoms with Crippen LogP contribution in [0.15, 0.2) is 60.3 Å². The van der Waals surface area contributed by atoms with Crippen molar-refractivity contribution < 1.29 is 24.2 Å². The topological polar surface area (TPSA) is 105 Å². The Morgan fingerprint density at radius 2 is 1.73 bits per heavy atom. The summed E-state index contributed by atoms with van der Waals surface area (Å²) >= 11 is 0. The summed E-state index contributed by atoms with van der Waals surface area (Å²) in [6.45, 7) is 1.94. The van der Waals surface area contributed by atoms with E-state index in [0.717, 1.165) is 6.42 Å². The van der Waals surface area contributed by atoms with Crippen LogP contribution in [0, 0.1) is 0 Å². The lowest BCUT2D eigenvalue weighted by Gasteiger charge is -2.16. The predicted molar refractivity (Wildman–Crippen MR) is 114 cm³/mol. The molecule has 158 valence electrons. The van der Waals surface area contributed by atoms with Crippen molar-refractivity contribution in [2.75, 3.05) is 7.11 Å². The van der Waals surface area contributed by atoms with E-state index in [2.05, 4.69) is 10.6 Å². The van der Waals surface area contributed by atoms with Crippen molar-refractivity contribution >= 4 is 23.9 Å². The third-order valence-electron chi connectivity index (χ3n) is 4.41. The average molecular weight is 410 g/mol. The molecule has 2 aromatic carbocycles. The van der Waals surface area contributed by atoms with Gasteiger partial charge in [0.25, 0.3) is 11.8 Å². The fourth-order valence-corrected chi connectivity index (χ4v) is 2.71. The van der Waals surface area contributed by atoms with Gasteiger partial charge >= 0.3 is 5.97 Å². The first-order valence-electron chi connectivity index (χ1n) is 9.70. The first kappa shape index (κ1) is 22.7. The maximum atomic E-state index is 12.8. The van der Waals surface area contributed by atoms with Crippen LogP contribution in [-0.2, 0) is 9.59 Å². The van der Waals surface area contributed by atoms with Gasteiger partial charge in [0.1, 0.15) is 17.5 Å². The van der Waals surface area contributed by atoms with E-state index in [1.165, 1.54) is 13.2 Å². The normalized spacial score (nSPS) is 12.0. The van der Waals surface area contributed by atoms with Gasteiger partial charge < -0.3 is 20.5 Å². The number of aliphatic carboxylic acids is 1. The van der Waals surface area contributed by atoms with Crippen molar-refractivity contribution in [3.8, 4) is 5.75 Å². The molecule has 0 aromatic heterocycles. The molecule has 2 aromatic rings. The molecule has 0 saturated carbocycles. The number of carboxylic acid groups (broad SMARTS) is 1. The minimum Gasteiger partial charge on any atom is -0.497 e. The van der Waals surface area contributed by atoms with Crippen molar-refractivity contribution in [2.45, 2.75) is 32.2 Å². The second-order valence-corrected chi connectivity index (χ2v) is 6.66. The van der Waals surface area contributed by atoms with E-state index in [1.54, 1.807) is 48.5 Å². The van der Waals surface area contributed by atoms with Crippen molar-refractivity contribution in [1.82, 2.24) is 10.6 Å². The minimum atomic E-state index is -1.11. The zero-order valence-electron chi connectivity index (χ0n) is 17.1. The molecule has 0 radical (unpaired) electrons. The van der Waals surface area contributed by atoms with Crippen molar-refractivity contribution in [2.24, 2.45) is 0 Å². The molecular formula is C23H26N2O5. The number of hydrogen-bond acceptors (Lipinski definition) is 4. The summed E-state index contributed by atoms with van der Waals surface area (Å²) in [5.74, 6) is -1.67. The summed E-state index contributed by atoms with van der Waals surface area (Å²) in [5.41, 5.74) is 0.992. The molecule has 0 heterocycles. The number of methoxy groups -OCH3 is 1. The summed E-state index contributed by atoms with van der Waals surface area (Å²) in [6.07, 6.45) is 3.28. The number of ether oxygens (including phenoxy) is 1. The summed E-state index contributed by atoms with van der Waals surface area (Å²) in [5, 5.41) is 14.5. The van der Waals surface area contributed by atoms with Crippen molar-refractivity contribution in [1.29, 1.82) is 0 Å². The lowest BCUT2D eigenvalue weighted by molar-refractivity contribution is -0.141. The lowest BCUT2D eigenvalue weighted by Crippen LogP contribution is -2.44. The molecule has 0 aliphatic heterocycles. The van der Waals surface area contributed by atoms with Crippen LogP contribution in [0.4, 0.5) is 0 Å². The van der Waals surface area contributed by atoms with Gasteiger partial charge in [0, 0.05) is 5.56 Å². The van der Waals surface area contributed by atoms with Gasteiger partial charge in [-0.2, -0.15) is 0 Å². The van der Waals surface area contributed by atoms with E-state index in [-0.39, 0.29) is 5.70 Å². The van der Waals surface area contributed by atoms with E-state index in [0.29, 0.717) is 29.7 Å². The highest BCUT2D eigenvalue weighted by atomic mass is 16.5. The molecule has 0 aliphatic rings. The second-order valence-electron chi connectivity index (χ2n) is 6.66. The van der Waals surface area contributed by atoms with Crippen LogP contribution in [-0.4, -0.2) is 36.0 Å². The highest BCUT2D eigenvalue weighted by Crippen LogP contribution is 2.13. The van der Waals surface area contributed by atoms with Crippen molar-refractivity contribution in [3.05, 3.63) is 71.4 Å². The van der Waals surface area contributed by atoms with Gasteiger partial charge in [-0.25, -0.2) is 4.79 Å². The van der Waals surface area contributed by atoms with Gasteiger partial charge in [0.15, 0.2) is 0 Å². The first-order chi connectivity index (χ1) is 14.4. The molecule has 1 atom stereocenters. The van der Waals surface area contributed by atoms with E-state index in [4.69, 9.17) is 4.74 Å². The average Bonchev–Trinajstić information content (AvgIpc) is 2.76. The Morgan fingerprint density at radius 3 is 2.30 bits per heavy atom. The molecule has 3 N–H and O–H groups in total. The number of nitrogens with one attached hydrogen (secondary N) is 2. The molecule has 0 aliphatic carbocycles. The first-order valence-corrected chi connectivity index (χ1v) is 9.70. The molecule has 30 heavy (non-hydrogen) atoms. The fraction of sp³-hybridized carbons (Fsp3) is 0.261. The molecule has 7 heteroatoms. The van der Waals surface area contributed by atoms with Gasteiger partial charge in [-0.15, -0.1) is 0 Å². The van der Waals surface area contributed by atoms with Gasteiger partial charge in [0.2, 0.25) is 0 Å². The Labute approximate surface area is 175 Å². The van der Waals surface area contributed by atoms with Gasteiger partial charge in [-0.3, -0.25) is 9.59 Å². The van der Waals surface area contributed by atoms with Crippen molar-refractivity contribution in [3.63, 3.8) is 0 Å². The Hall–Kier alpha value is -3.61. The van der Waals surface area contributed by atoms with E-state index < -0.39 is 23.8 Å². The van der Waals surface area contributed by atoms with E-state index >= 15 is 0 Å². The number of carbonyl (C=O) groups is 3. The Kier molecular flexibility index (Phi) is 8.62. The minimum absolute atomic E-state index is 0.0373. The SMILES string of the molecule is CCCC[C@@H](NC(=O)/C(=C\c1ccccc1)NC(=O)c1ccc(OC)cc1)C(=O)O. The summed E-state index contributed by atoms with van der Waals surface area (Å²) < 4.78 is 5.08. The highest BCUT2D eigenvalue weighted by Gasteiger charge is 2.22. The van der Waals surface area contributed by atoms with Crippen LogP contribution >= 0.6 is 0 Å². The van der Waals surface area contributed by atoms with E-state index in [9.17, 15) is 19.5 Å². The maximum Gasteiger partial charge on any atom is 0.326 e. The Balaban J connectivity index is 2.25. The maximum absolute atomic E-state index is 12.8. The molecule has 0 saturated heterocycles. The van der Waals surface area contributed by atoms with Gasteiger partial charge in [-0.1, -0.05) is 50.1 Å². The van der Waals surface area contributed by atoms with Crippen LogP contribution in [0.25, 0.3) is 6.08 Å². The number of benzene rings is 2. The zero-order chi connectivity index (χ0) is 21.9. The van der Waals surface area contributed by atoms with Gasteiger partial charge in [0.05, 0.1) is 7.11 Å². The van der Waals surface area contributed by atoms with Crippen LogP contribution in [0.5, 0.6) is 5.75 Å². The molecule has 2 rings (SSSR count). The Morgan fingerprint density at radius 1 is 1.07 bits per heavy atom. The number of hydrogen-bond donors (Lipinski definition) is 3. The zero-order valence-corrected chi connectivity index (χ0v) is 17.1. The summed E-state index contributed by atoms with van der Waals surface area (Å²) in [4.78, 5) is 37.0. The van der Waals surface area contributed by atoms with Crippen LogP contribution in [0.1, 0.15) is 42.1 Å². The number of amides is 2. The number of unbranched alkanes of at least 4 members (excludes halogenated alkanes) is 1. The third kappa shape index (κ3) is 6.77. The molecule has 0 bridgehead atoms. The molecule has 7 nitrogen and oxygen atoms in total. The predicted octanol–water partition coefficient (Wildman–Crippen LogP) is 3.23. The molecule has 0 spiro atoms. The second kappa shape index (κ2) is 11.4. The van der Waals surface area contributed by atoms with Crippen LogP contribution < -0.4 is 15.4 Å². The lowest BCUT2D eigenvalue weighted by atomic mass is 10.1. The molecule has 2 amide bonds. The molecular weight excluding hydrogens is 384 g/mol. The van der Waals surface area contributed by atoms with Crippen LogP contribution in [0.2, 0.25) is 0 Å².